The molecule has 1 aliphatic rings. The summed E-state index contributed by atoms with van der Waals surface area (Å²) in [5, 5.41) is 10.6. The summed E-state index contributed by atoms with van der Waals surface area (Å²) in [4.78, 5) is 26.0. The minimum absolute atomic E-state index is 0.323. The van der Waals surface area contributed by atoms with Crippen molar-refractivity contribution in [3.8, 4) is 5.40 Å². The summed E-state index contributed by atoms with van der Waals surface area (Å²) < 4.78 is 1.45. The molecule has 3 rings (SSSR count). The Morgan fingerprint density at radius 2 is 1.75 bits per heavy atom. The summed E-state index contributed by atoms with van der Waals surface area (Å²) in [6.45, 7) is 0.323. The van der Waals surface area contributed by atoms with Crippen LogP contribution in [0.15, 0.2) is 45.3 Å². The van der Waals surface area contributed by atoms with Crippen molar-refractivity contribution in [1.82, 2.24) is 0 Å². The topological polar surface area (TPSA) is 61.2 Å². The van der Waals surface area contributed by atoms with E-state index in [0.29, 0.717) is 28.0 Å². The number of Topliss-reactive ketones (excluding diaryl/α,β-unsaturated/α-hetero) is 1. The number of nitriles is 1. The Morgan fingerprint density at radius 3 is 2.42 bits per heavy atom. The van der Waals surface area contributed by atoms with E-state index in [2.05, 4.69) is 31.9 Å². The fraction of sp³-hybridized carbons (Fsp3) is 0.118. The van der Waals surface area contributed by atoms with Gasteiger partial charge in [0.1, 0.15) is 5.40 Å². The second kappa shape index (κ2) is 7.09. The van der Waals surface area contributed by atoms with Gasteiger partial charge in [0.2, 0.25) is 0 Å². The number of thiocyanates is 1. The smallest absolute Gasteiger partial charge is 0.299 e. The molecular formula is C17H10Br2N2O2S. The van der Waals surface area contributed by atoms with Gasteiger partial charge in [-0.25, -0.2) is 0 Å². The predicted octanol–water partition coefficient (Wildman–Crippen LogP) is 4.66. The summed E-state index contributed by atoms with van der Waals surface area (Å²) in [6.07, 6.45) is 0. The predicted molar refractivity (Wildman–Crippen MR) is 101 cm³/mol. The third-order valence-corrected chi connectivity index (χ3v) is 5.32. The summed E-state index contributed by atoms with van der Waals surface area (Å²) in [7, 11) is 0. The normalized spacial score (nSPS) is 13.1. The van der Waals surface area contributed by atoms with E-state index in [-0.39, 0.29) is 0 Å². The first kappa shape index (κ1) is 17.2. The van der Waals surface area contributed by atoms with Crippen LogP contribution in [0.1, 0.15) is 21.5 Å². The number of fused-ring (bicyclic) bond motifs is 1. The second-order valence-corrected chi connectivity index (χ2v) is 7.73. The molecule has 0 aromatic heterocycles. The number of hydrogen-bond donors (Lipinski definition) is 0. The van der Waals surface area contributed by atoms with Crippen LogP contribution in [0.2, 0.25) is 0 Å². The van der Waals surface area contributed by atoms with Crippen LogP contribution in [0.4, 0.5) is 5.69 Å². The van der Waals surface area contributed by atoms with E-state index in [1.165, 1.54) is 16.7 Å². The lowest BCUT2D eigenvalue weighted by Gasteiger charge is -2.18. The lowest BCUT2D eigenvalue weighted by Crippen LogP contribution is -2.29. The molecule has 2 aromatic carbocycles. The molecule has 1 amide bonds. The Morgan fingerprint density at radius 1 is 1.08 bits per heavy atom. The number of rotatable bonds is 4. The molecule has 0 spiro atoms. The monoisotopic (exact) mass is 464 g/mol. The average molecular weight is 466 g/mol. The zero-order valence-electron chi connectivity index (χ0n) is 12.3. The number of nitrogens with zero attached hydrogens (tertiary/aromatic N) is 2. The van der Waals surface area contributed by atoms with E-state index in [1.54, 1.807) is 6.07 Å². The van der Waals surface area contributed by atoms with E-state index in [1.807, 2.05) is 35.7 Å². The van der Waals surface area contributed by atoms with Crippen molar-refractivity contribution in [2.75, 3.05) is 4.90 Å². The van der Waals surface area contributed by atoms with Crippen LogP contribution < -0.4 is 4.90 Å². The largest absolute Gasteiger partial charge is 0.299 e. The highest BCUT2D eigenvalue weighted by Crippen LogP contribution is 2.39. The van der Waals surface area contributed by atoms with E-state index < -0.39 is 11.7 Å². The number of benzene rings is 2. The summed E-state index contributed by atoms with van der Waals surface area (Å²) in [5.41, 5.74) is 2.98. The highest BCUT2D eigenvalue weighted by Gasteiger charge is 2.37. The van der Waals surface area contributed by atoms with Crippen molar-refractivity contribution >= 4 is 61.0 Å². The van der Waals surface area contributed by atoms with E-state index >= 15 is 0 Å². The van der Waals surface area contributed by atoms with Crippen LogP contribution in [-0.4, -0.2) is 11.7 Å². The fourth-order valence-electron chi connectivity index (χ4n) is 2.54. The molecule has 0 aliphatic carbocycles. The molecule has 0 unspecified atom stereocenters. The Labute approximate surface area is 160 Å². The van der Waals surface area contributed by atoms with Gasteiger partial charge in [-0.2, -0.15) is 5.26 Å². The van der Waals surface area contributed by atoms with Gasteiger partial charge in [0, 0.05) is 14.7 Å². The molecule has 0 fully saturated rings. The lowest BCUT2D eigenvalue weighted by molar-refractivity contribution is -0.114. The third-order valence-electron chi connectivity index (χ3n) is 3.65. The van der Waals surface area contributed by atoms with E-state index in [0.717, 1.165) is 15.6 Å². The van der Waals surface area contributed by atoms with Gasteiger partial charge in [-0.15, -0.1) is 0 Å². The molecule has 1 heterocycles. The first-order chi connectivity index (χ1) is 11.5. The van der Waals surface area contributed by atoms with Crippen molar-refractivity contribution in [3.63, 3.8) is 0 Å². The van der Waals surface area contributed by atoms with Crippen LogP contribution in [0.3, 0.4) is 0 Å². The molecule has 0 N–H and O–H groups in total. The minimum Gasteiger partial charge on any atom is -0.299 e. The number of ketones is 1. The molecular weight excluding hydrogens is 456 g/mol. The highest BCUT2D eigenvalue weighted by atomic mass is 79.9. The molecule has 0 atom stereocenters. The van der Waals surface area contributed by atoms with Crippen molar-refractivity contribution in [2.45, 2.75) is 12.3 Å². The summed E-state index contributed by atoms with van der Waals surface area (Å²) in [6, 6.07) is 11.2. The van der Waals surface area contributed by atoms with Gasteiger partial charge in [-0.3, -0.25) is 14.5 Å². The number of carbonyl (C=O) groups is 2. The van der Waals surface area contributed by atoms with Crippen molar-refractivity contribution in [3.05, 3.63) is 62.0 Å². The van der Waals surface area contributed by atoms with Gasteiger partial charge < -0.3 is 0 Å². The van der Waals surface area contributed by atoms with Gasteiger partial charge in [-0.1, -0.05) is 40.2 Å². The Balaban J connectivity index is 1.88. The van der Waals surface area contributed by atoms with Crippen LogP contribution in [-0.2, 0) is 17.1 Å². The molecule has 0 saturated carbocycles. The van der Waals surface area contributed by atoms with Crippen molar-refractivity contribution in [2.24, 2.45) is 0 Å². The SMILES string of the molecule is N#CSCc1ccc(CN2C(=O)C(=O)c3cc(Br)cc(Br)c32)cc1. The lowest BCUT2D eigenvalue weighted by atomic mass is 10.1. The number of hydrogen-bond acceptors (Lipinski definition) is 4. The van der Waals surface area contributed by atoms with Crippen LogP contribution in [0.25, 0.3) is 0 Å². The second-order valence-electron chi connectivity index (χ2n) is 5.20. The van der Waals surface area contributed by atoms with Crippen LogP contribution >= 0.6 is 43.6 Å². The molecule has 4 nitrogen and oxygen atoms in total. The fourth-order valence-corrected chi connectivity index (χ4v) is 4.41. The maximum absolute atomic E-state index is 12.3. The quantitative estimate of drug-likeness (QED) is 0.486. The molecule has 7 heteroatoms. The molecule has 0 bridgehead atoms. The van der Waals surface area contributed by atoms with Crippen molar-refractivity contribution < 1.29 is 9.59 Å². The van der Waals surface area contributed by atoms with E-state index in [4.69, 9.17) is 5.26 Å². The number of anilines is 1. The summed E-state index contributed by atoms with van der Waals surface area (Å²) in [5.74, 6) is -0.387. The molecule has 2 aromatic rings. The number of halogens is 2. The van der Waals surface area contributed by atoms with Gasteiger partial charge in [0.25, 0.3) is 11.7 Å². The van der Waals surface area contributed by atoms with Crippen molar-refractivity contribution in [1.29, 1.82) is 5.26 Å². The third kappa shape index (κ3) is 3.27. The standard InChI is InChI=1S/C17H10Br2N2O2S/c18-12-5-13-15(14(19)6-12)21(17(23)16(13)22)7-10-1-3-11(4-2-10)8-24-9-20/h1-6H,7-8H2. The molecule has 24 heavy (non-hydrogen) atoms. The minimum atomic E-state index is -0.520. The molecule has 0 radical (unpaired) electrons. The number of carbonyl (C=O) groups excluding carboxylic acids is 2. The Kier molecular flexibility index (Phi) is 5.09. The zero-order valence-corrected chi connectivity index (χ0v) is 16.2. The highest BCUT2D eigenvalue weighted by molar-refractivity contribution is 9.11. The molecule has 0 saturated heterocycles. The first-order valence-electron chi connectivity index (χ1n) is 6.95. The van der Waals surface area contributed by atoms with Gasteiger partial charge in [0.05, 0.1) is 17.8 Å². The average Bonchev–Trinajstić information content (AvgIpc) is 2.79. The number of thioether (sulfide) groups is 1. The summed E-state index contributed by atoms with van der Waals surface area (Å²) >= 11 is 7.96. The van der Waals surface area contributed by atoms with Gasteiger partial charge in [0.15, 0.2) is 0 Å². The number of amides is 1. The van der Waals surface area contributed by atoms with Gasteiger partial charge >= 0.3 is 0 Å². The first-order valence-corrected chi connectivity index (χ1v) is 9.52. The van der Waals surface area contributed by atoms with Gasteiger partial charge in [-0.05, 0) is 51.0 Å². The maximum atomic E-state index is 12.3. The molecule has 1 aliphatic heterocycles. The Hall–Kier alpha value is -1.62. The van der Waals surface area contributed by atoms with E-state index in [9.17, 15) is 9.59 Å². The van der Waals surface area contributed by atoms with Crippen LogP contribution in [0.5, 0.6) is 0 Å². The van der Waals surface area contributed by atoms with Crippen LogP contribution in [0, 0.1) is 10.7 Å². The Bertz CT molecular complexity index is 875. The zero-order chi connectivity index (χ0) is 17.3. The maximum Gasteiger partial charge on any atom is 0.299 e. The molecule has 120 valence electrons.